The van der Waals surface area contributed by atoms with E-state index in [4.69, 9.17) is 0 Å². The summed E-state index contributed by atoms with van der Waals surface area (Å²) in [5.41, 5.74) is 0. The Kier molecular flexibility index (Phi) is 4.49. The van der Waals surface area contributed by atoms with Crippen molar-refractivity contribution in [3.05, 3.63) is 0 Å². The zero-order chi connectivity index (χ0) is 7.11. The molecule has 52 valence electrons. The van der Waals surface area contributed by atoms with Gasteiger partial charge in [-0.15, -0.1) is 0 Å². The van der Waals surface area contributed by atoms with Crippen LogP contribution in [0.5, 0.6) is 0 Å². The smallest absolute Gasteiger partial charge is 0.251 e. The molecule has 0 bridgehead atoms. The van der Waals surface area contributed by atoms with Crippen LogP contribution < -0.4 is 0 Å². The first-order valence-electron chi connectivity index (χ1n) is 2.61. The molecule has 0 amide bonds. The van der Waals surface area contributed by atoms with E-state index in [9.17, 15) is 9.59 Å². The summed E-state index contributed by atoms with van der Waals surface area (Å²) in [6.07, 6.45) is 0.953. The van der Waals surface area contributed by atoms with Crippen LogP contribution in [0.4, 0.5) is 0 Å². The monoisotopic (exact) mass is 132 g/mol. The summed E-state index contributed by atoms with van der Waals surface area (Å²) < 4.78 is 0. The van der Waals surface area contributed by atoms with E-state index in [1.807, 2.05) is 6.92 Å². The number of hydrogen-bond acceptors (Lipinski definition) is 4. The molecule has 0 saturated heterocycles. The fourth-order valence-corrected chi connectivity index (χ4v) is 0.319. The van der Waals surface area contributed by atoms with Crippen molar-refractivity contribution in [2.24, 2.45) is 0 Å². The van der Waals surface area contributed by atoms with Gasteiger partial charge in [0.15, 0.2) is 0 Å². The average molecular weight is 132 g/mol. The summed E-state index contributed by atoms with van der Waals surface area (Å²) in [5.74, 6) is -0.524. The van der Waals surface area contributed by atoms with Crippen LogP contribution >= 0.6 is 0 Å². The van der Waals surface area contributed by atoms with Gasteiger partial charge in [0.25, 0.3) is 0 Å². The standard InChI is InChI=1S/C5H8O4/c1-2-3-5(7)9-8-4-6/h4H,2-3H2,1H3. The van der Waals surface area contributed by atoms with Crippen molar-refractivity contribution in [2.45, 2.75) is 19.8 Å². The van der Waals surface area contributed by atoms with Crippen LogP contribution in [-0.4, -0.2) is 12.4 Å². The normalized spacial score (nSPS) is 8.11. The Morgan fingerprint density at radius 2 is 2.33 bits per heavy atom. The van der Waals surface area contributed by atoms with E-state index in [1.54, 1.807) is 0 Å². The molecule has 0 aliphatic carbocycles. The van der Waals surface area contributed by atoms with E-state index >= 15 is 0 Å². The molecule has 4 heteroatoms. The molecule has 9 heavy (non-hydrogen) atoms. The van der Waals surface area contributed by atoms with E-state index in [1.165, 1.54) is 0 Å². The van der Waals surface area contributed by atoms with Crippen molar-refractivity contribution in [3.63, 3.8) is 0 Å². The first kappa shape index (κ1) is 7.94. The highest BCUT2D eigenvalue weighted by Gasteiger charge is 1.99. The second kappa shape index (κ2) is 5.08. The van der Waals surface area contributed by atoms with Gasteiger partial charge in [-0.25, -0.2) is 9.68 Å². The molecule has 0 aliphatic heterocycles. The van der Waals surface area contributed by atoms with Gasteiger partial charge < -0.3 is 0 Å². The molecule has 0 unspecified atom stereocenters. The summed E-state index contributed by atoms with van der Waals surface area (Å²) in [6.45, 7) is 1.88. The van der Waals surface area contributed by atoms with Crippen LogP contribution in [0.15, 0.2) is 0 Å². The maximum absolute atomic E-state index is 10.3. The number of carbonyl (C=O) groups is 2. The summed E-state index contributed by atoms with van der Waals surface area (Å²) in [4.78, 5) is 27.4. The van der Waals surface area contributed by atoms with Crippen LogP contribution in [0, 0.1) is 0 Å². The minimum atomic E-state index is -0.524. The Bertz CT molecular complexity index is 99.1. The van der Waals surface area contributed by atoms with Gasteiger partial charge in [-0.05, 0) is 6.42 Å². The Morgan fingerprint density at radius 1 is 1.67 bits per heavy atom. The maximum atomic E-state index is 10.3. The molecule has 0 aromatic rings. The largest absolute Gasteiger partial charge is 0.355 e. The van der Waals surface area contributed by atoms with Gasteiger partial charge in [0.05, 0.1) is 0 Å². The molecule has 0 spiro atoms. The lowest BCUT2D eigenvalue weighted by atomic mass is 10.3. The lowest BCUT2D eigenvalue weighted by molar-refractivity contribution is -0.248. The van der Waals surface area contributed by atoms with Crippen molar-refractivity contribution < 1.29 is 19.4 Å². The molecule has 0 saturated carbocycles. The van der Waals surface area contributed by atoms with Crippen LogP contribution in [0.2, 0.25) is 0 Å². The van der Waals surface area contributed by atoms with Crippen molar-refractivity contribution in [3.8, 4) is 0 Å². The SMILES string of the molecule is CCCC(=O)OOC=O. The van der Waals surface area contributed by atoms with Crippen molar-refractivity contribution in [1.82, 2.24) is 0 Å². The Morgan fingerprint density at radius 3 is 2.78 bits per heavy atom. The molecule has 4 nitrogen and oxygen atoms in total. The van der Waals surface area contributed by atoms with Crippen LogP contribution in [0.1, 0.15) is 19.8 Å². The molecular formula is C5H8O4. The second-order valence-electron chi connectivity index (χ2n) is 1.40. The molecule has 0 fully saturated rings. The Balaban J connectivity index is 3.16. The molecule has 0 rings (SSSR count). The second-order valence-corrected chi connectivity index (χ2v) is 1.40. The first-order chi connectivity index (χ1) is 4.31. The molecule has 0 radical (unpaired) electrons. The quantitative estimate of drug-likeness (QED) is 0.316. The summed E-state index contributed by atoms with van der Waals surface area (Å²) in [6, 6.07) is 0. The van der Waals surface area contributed by atoms with Crippen molar-refractivity contribution in [1.29, 1.82) is 0 Å². The zero-order valence-corrected chi connectivity index (χ0v) is 5.12. The van der Waals surface area contributed by atoms with Gasteiger partial charge >= 0.3 is 12.4 Å². The molecule has 0 aliphatic rings. The summed E-state index contributed by atoms with van der Waals surface area (Å²) in [5, 5.41) is 0. The predicted molar refractivity (Wildman–Crippen MR) is 28.1 cm³/mol. The van der Waals surface area contributed by atoms with E-state index in [0.29, 0.717) is 6.42 Å². The fourth-order valence-electron chi connectivity index (χ4n) is 0.319. The van der Waals surface area contributed by atoms with Crippen molar-refractivity contribution in [2.75, 3.05) is 0 Å². The number of hydrogen-bond donors (Lipinski definition) is 0. The maximum Gasteiger partial charge on any atom is 0.355 e. The summed E-state index contributed by atoms with van der Waals surface area (Å²) >= 11 is 0. The first-order valence-corrected chi connectivity index (χ1v) is 2.61. The molecule has 0 heterocycles. The van der Waals surface area contributed by atoms with Gasteiger partial charge in [-0.3, -0.25) is 9.68 Å². The van der Waals surface area contributed by atoms with Crippen LogP contribution in [0.3, 0.4) is 0 Å². The number of rotatable bonds is 4. The van der Waals surface area contributed by atoms with E-state index in [2.05, 4.69) is 9.78 Å². The topological polar surface area (TPSA) is 52.6 Å². The van der Waals surface area contributed by atoms with Gasteiger partial charge in [0, 0.05) is 6.42 Å². The van der Waals surface area contributed by atoms with Gasteiger partial charge in [-0.1, -0.05) is 6.92 Å². The lowest BCUT2D eigenvalue weighted by Crippen LogP contribution is -2.02. The summed E-state index contributed by atoms with van der Waals surface area (Å²) in [7, 11) is 0. The number of carbonyl (C=O) groups excluding carboxylic acids is 2. The predicted octanol–water partition coefficient (Wildman–Crippen LogP) is 0.418. The lowest BCUT2D eigenvalue weighted by Gasteiger charge is -1.93. The van der Waals surface area contributed by atoms with Gasteiger partial charge in [-0.2, -0.15) is 0 Å². The van der Waals surface area contributed by atoms with E-state index in [0.717, 1.165) is 0 Å². The molecule has 0 N–H and O–H groups in total. The zero-order valence-electron chi connectivity index (χ0n) is 5.12. The highest BCUT2D eigenvalue weighted by Crippen LogP contribution is 1.89. The van der Waals surface area contributed by atoms with Gasteiger partial charge in [0.1, 0.15) is 0 Å². The molecule has 0 atom stereocenters. The van der Waals surface area contributed by atoms with Crippen molar-refractivity contribution >= 4 is 12.4 Å². The highest BCUT2D eigenvalue weighted by molar-refractivity contribution is 5.68. The van der Waals surface area contributed by atoms with Gasteiger partial charge in [0.2, 0.25) is 0 Å². The third-order valence-electron chi connectivity index (χ3n) is 0.634. The third-order valence-corrected chi connectivity index (χ3v) is 0.634. The highest BCUT2D eigenvalue weighted by atomic mass is 17.2. The van der Waals surface area contributed by atoms with E-state index in [-0.39, 0.29) is 12.9 Å². The molecular weight excluding hydrogens is 124 g/mol. The third kappa shape index (κ3) is 4.80. The Labute approximate surface area is 52.7 Å². The van der Waals surface area contributed by atoms with Crippen LogP contribution in [-0.2, 0) is 19.4 Å². The fraction of sp³-hybridized carbons (Fsp3) is 0.600. The minimum absolute atomic E-state index is 0.0631. The van der Waals surface area contributed by atoms with Crippen LogP contribution in [0.25, 0.3) is 0 Å². The molecule has 0 aromatic carbocycles. The minimum Gasteiger partial charge on any atom is -0.251 e. The average Bonchev–Trinajstić information content (AvgIpc) is 1.85. The Hall–Kier alpha value is -1.06. The van der Waals surface area contributed by atoms with E-state index < -0.39 is 5.97 Å². The molecule has 0 aromatic heterocycles.